The standard InChI is InChI=1S/C9H7IN2O2S2.C6H4ClIO2S/c10-7-1-3-8(4-2-7)16(13,14)12-9-11-5-6-15-9;7-11(9,10)6-3-1-5(8)2-4-6/h1-6H,(H,11,12);1-4H. The number of benzene rings is 2. The van der Waals surface area contributed by atoms with Crippen molar-refractivity contribution >= 4 is 91.4 Å². The fourth-order valence-electron chi connectivity index (χ4n) is 1.66. The number of anilines is 1. The van der Waals surface area contributed by atoms with Crippen LogP contribution in [0.2, 0.25) is 0 Å². The molecule has 3 aromatic rings. The fourth-order valence-corrected chi connectivity index (χ4v) is 4.94. The molecule has 0 bridgehead atoms. The van der Waals surface area contributed by atoms with E-state index in [0.717, 1.165) is 7.14 Å². The van der Waals surface area contributed by atoms with Crippen molar-refractivity contribution in [1.29, 1.82) is 0 Å². The summed E-state index contributed by atoms with van der Waals surface area (Å²) in [7, 11) is -1.98. The predicted octanol–water partition coefficient (Wildman–Crippen LogP) is 4.77. The molecule has 144 valence electrons. The van der Waals surface area contributed by atoms with E-state index >= 15 is 0 Å². The van der Waals surface area contributed by atoms with Crippen LogP contribution in [-0.2, 0) is 19.1 Å². The Hall–Kier alpha value is -0.480. The Kier molecular flexibility index (Phi) is 8.30. The molecular weight excluding hydrogens is 658 g/mol. The van der Waals surface area contributed by atoms with Gasteiger partial charge in [-0.1, -0.05) is 0 Å². The highest BCUT2D eigenvalue weighted by Crippen LogP contribution is 2.18. The van der Waals surface area contributed by atoms with Crippen LogP contribution >= 0.6 is 67.2 Å². The van der Waals surface area contributed by atoms with Gasteiger partial charge in [0.25, 0.3) is 19.1 Å². The molecule has 2 aromatic carbocycles. The summed E-state index contributed by atoms with van der Waals surface area (Å²) in [6, 6.07) is 13.0. The van der Waals surface area contributed by atoms with Crippen molar-refractivity contribution in [3.05, 3.63) is 67.2 Å². The minimum absolute atomic E-state index is 0.139. The van der Waals surface area contributed by atoms with Gasteiger partial charge in [-0.3, -0.25) is 4.72 Å². The Morgan fingerprint density at radius 3 is 1.74 bits per heavy atom. The number of nitrogens with zero attached hydrogens (tertiary/aromatic N) is 1. The zero-order valence-corrected chi connectivity index (χ0v) is 20.7. The second-order valence-corrected chi connectivity index (χ2v) is 12.4. The number of aromatic nitrogens is 1. The van der Waals surface area contributed by atoms with Gasteiger partial charge in [0.1, 0.15) is 0 Å². The van der Waals surface area contributed by atoms with Gasteiger partial charge in [0.05, 0.1) is 9.79 Å². The molecule has 0 saturated heterocycles. The molecule has 0 radical (unpaired) electrons. The van der Waals surface area contributed by atoms with Gasteiger partial charge in [-0.15, -0.1) is 11.3 Å². The third-order valence-corrected chi connectivity index (χ3v) is 7.85. The van der Waals surface area contributed by atoms with Crippen molar-refractivity contribution in [2.45, 2.75) is 9.79 Å². The molecule has 27 heavy (non-hydrogen) atoms. The fraction of sp³-hybridized carbons (Fsp3) is 0. The normalized spacial score (nSPS) is 11.4. The molecule has 0 amide bonds. The zero-order chi connectivity index (χ0) is 20.1. The van der Waals surface area contributed by atoms with Crippen LogP contribution in [0.3, 0.4) is 0 Å². The van der Waals surface area contributed by atoms with Crippen LogP contribution in [0.4, 0.5) is 5.13 Å². The average Bonchev–Trinajstić information content (AvgIpc) is 3.07. The Labute approximate surface area is 193 Å². The van der Waals surface area contributed by atoms with E-state index in [9.17, 15) is 16.8 Å². The van der Waals surface area contributed by atoms with Gasteiger partial charge in [-0.05, 0) is 93.7 Å². The predicted molar refractivity (Wildman–Crippen MR) is 124 cm³/mol. The van der Waals surface area contributed by atoms with Crippen LogP contribution < -0.4 is 4.72 Å². The van der Waals surface area contributed by atoms with Gasteiger partial charge < -0.3 is 0 Å². The first-order valence-electron chi connectivity index (χ1n) is 6.96. The molecule has 0 spiro atoms. The maximum Gasteiger partial charge on any atom is 0.263 e. The minimum atomic E-state index is -3.55. The molecule has 1 aromatic heterocycles. The largest absolute Gasteiger partial charge is 0.263 e. The summed E-state index contributed by atoms with van der Waals surface area (Å²) in [5.41, 5.74) is 0. The third kappa shape index (κ3) is 7.45. The molecule has 0 saturated carbocycles. The summed E-state index contributed by atoms with van der Waals surface area (Å²) >= 11 is 5.45. The molecule has 0 fully saturated rings. The van der Waals surface area contributed by atoms with Crippen LogP contribution in [0.5, 0.6) is 0 Å². The van der Waals surface area contributed by atoms with Crippen molar-refractivity contribution in [2.75, 3.05) is 4.72 Å². The Morgan fingerprint density at radius 2 is 1.33 bits per heavy atom. The van der Waals surface area contributed by atoms with Crippen molar-refractivity contribution in [3.63, 3.8) is 0 Å². The first-order valence-corrected chi connectivity index (χ1v) is 13.8. The Bertz CT molecular complexity index is 1090. The maximum absolute atomic E-state index is 11.9. The first-order chi connectivity index (χ1) is 12.6. The summed E-state index contributed by atoms with van der Waals surface area (Å²) in [5, 5.41) is 2.09. The third-order valence-electron chi connectivity index (χ3n) is 2.87. The second-order valence-electron chi connectivity index (χ2n) is 4.79. The van der Waals surface area contributed by atoms with Gasteiger partial charge >= 0.3 is 0 Å². The van der Waals surface area contributed by atoms with Crippen LogP contribution in [0.25, 0.3) is 0 Å². The van der Waals surface area contributed by atoms with Crippen LogP contribution in [0, 0.1) is 7.14 Å². The number of halogens is 3. The lowest BCUT2D eigenvalue weighted by Gasteiger charge is -2.04. The molecular formula is C15H11ClI2N2O4S3. The Balaban J connectivity index is 0.000000208. The Morgan fingerprint density at radius 1 is 0.852 bits per heavy atom. The maximum atomic E-state index is 11.9. The van der Waals surface area contributed by atoms with Crippen molar-refractivity contribution in [3.8, 4) is 0 Å². The number of thiazole rings is 1. The van der Waals surface area contributed by atoms with E-state index in [-0.39, 0.29) is 9.79 Å². The molecule has 0 aliphatic carbocycles. The van der Waals surface area contributed by atoms with Gasteiger partial charge in [-0.2, -0.15) is 0 Å². The lowest BCUT2D eigenvalue weighted by Crippen LogP contribution is -2.12. The van der Waals surface area contributed by atoms with E-state index in [2.05, 4.69) is 54.9 Å². The van der Waals surface area contributed by atoms with E-state index in [4.69, 9.17) is 10.7 Å². The lowest BCUT2D eigenvalue weighted by atomic mass is 10.4. The summed E-state index contributed by atoms with van der Waals surface area (Å²) in [5.74, 6) is 0. The van der Waals surface area contributed by atoms with E-state index in [1.807, 2.05) is 0 Å². The van der Waals surface area contributed by atoms with Gasteiger partial charge in [-0.25, -0.2) is 21.8 Å². The smallest absolute Gasteiger partial charge is 0.255 e. The highest BCUT2D eigenvalue weighted by Gasteiger charge is 2.14. The SMILES string of the molecule is O=S(=O)(Cl)c1ccc(I)cc1.O=S(=O)(Nc1nccs1)c1ccc(I)cc1. The van der Waals surface area contributed by atoms with Gasteiger partial charge in [0, 0.05) is 29.4 Å². The first kappa shape index (κ1) is 22.8. The molecule has 1 heterocycles. The monoisotopic (exact) mass is 668 g/mol. The number of hydrogen-bond acceptors (Lipinski definition) is 6. The lowest BCUT2D eigenvalue weighted by molar-refractivity contribution is 0.601. The highest BCUT2D eigenvalue weighted by atomic mass is 127. The number of rotatable bonds is 4. The van der Waals surface area contributed by atoms with Crippen LogP contribution in [-0.4, -0.2) is 21.8 Å². The molecule has 0 aliphatic heterocycles. The van der Waals surface area contributed by atoms with E-state index < -0.39 is 19.1 Å². The number of hydrogen-bond donors (Lipinski definition) is 1. The minimum Gasteiger partial charge on any atom is -0.255 e. The van der Waals surface area contributed by atoms with Crippen molar-refractivity contribution in [1.82, 2.24) is 4.98 Å². The number of nitrogens with one attached hydrogen (secondary N) is 1. The molecule has 0 unspecified atom stereocenters. The van der Waals surface area contributed by atoms with Gasteiger partial charge in [0.2, 0.25) is 0 Å². The quantitative estimate of drug-likeness (QED) is 0.320. The zero-order valence-electron chi connectivity index (χ0n) is 13.2. The molecule has 0 atom stereocenters. The second kappa shape index (κ2) is 9.82. The summed E-state index contributed by atoms with van der Waals surface area (Å²) in [6.07, 6.45) is 1.55. The highest BCUT2D eigenvalue weighted by molar-refractivity contribution is 14.1. The summed E-state index contributed by atoms with van der Waals surface area (Å²) in [6.45, 7) is 0. The van der Waals surface area contributed by atoms with Crippen molar-refractivity contribution in [2.24, 2.45) is 0 Å². The molecule has 0 aliphatic rings. The van der Waals surface area contributed by atoms with Crippen molar-refractivity contribution < 1.29 is 16.8 Å². The topological polar surface area (TPSA) is 93.2 Å². The van der Waals surface area contributed by atoms with E-state index in [1.165, 1.54) is 23.5 Å². The average molecular weight is 669 g/mol. The summed E-state index contributed by atoms with van der Waals surface area (Å²) < 4.78 is 49.5. The molecule has 3 rings (SSSR count). The van der Waals surface area contributed by atoms with Crippen LogP contribution in [0.15, 0.2) is 69.9 Å². The molecule has 1 N–H and O–H groups in total. The molecule has 12 heteroatoms. The van der Waals surface area contributed by atoms with E-state index in [0.29, 0.717) is 5.13 Å². The molecule has 6 nitrogen and oxygen atoms in total. The summed E-state index contributed by atoms with van der Waals surface area (Å²) in [4.78, 5) is 4.25. The van der Waals surface area contributed by atoms with Gasteiger partial charge in [0.15, 0.2) is 5.13 Å². The van der Waals surface area contributed by atoms with E-state index in [1.54, 1.807) is 48.0 Å². The number of sulfonamides is 1. The van der Waals surface area contributed by atoms with Crippen LogP contribution in [0.1, 0.15) is 0 Å².